The Morgan fingerprint density at radius 2 is 2.11 bits per heavy atom. The molecule has 1 fully saturated rings. The second-order valence-electron chi connectivity index (χ2n) is 4.53. The molecule has 1 unspecified atom stereocenters. The molecule has 1 atom stereocenters. The molecule has 1 amide bonds. The van der Waals surface area contributed by atoms with Crippen LogP contribution in [0, 0.1) is 0 Å². The van der Waals surface area contributed by atoms with Crippen LogP contribution < -0.4 is 0 Å². The second kappa shape index (κ2) is 6.62. The van der Waals surface area contributed by atoms with Crippen LogP contribution in [-0.4, -0.2) is 35.0 Å². The van der Waals surface area contributed by atoms with E-state index in [2.05, 4.69) is 15.9 Å². The van der Waals surface area contributed by atoms with Gasteiger partial charge in [-0.15, -0.1) is 11.8 Å². The molecule has 0 aliphatic carbocycles. The van der Waals surface area contributed by atoms with Crippen LogP contribution in [-0.2, 0) is 0 Å². The van der Waals surface area contributed by atoms with Crippen molar-refractivity contribution in [2.75, 3.05) is 18.1 Å². The average molecular weight is 328 g/mol. The third kappa shape index (κ3) is 3.09. The third-order valence-electron chi connectivity index (χ3n) is 3.40. The first-order chi connectivity index (χ1) is 8.76. The van der Waals surface area contributed by atoms with Gasteiger partial charge >= 0.3 is 0 Å². The summed E-state index contributed by atoms with van der Waals surface area (Å²) in [6.45, 7) is 0.888. The van der Waals surface area contributed by atoms with E-state index in [4.69, 9.17) is 0 Å². The molecule has 0 bridgehead atoms. The molecule has 1 aliphatic rings. The average Bonchev–Trinajstić information content (AvgIpc) is 2.46. The topological polar surface area (TPSA) is 20.3 Å². The summed E-state index contributed by atoms with van der Waals surface area (Å²) in [5, 5.41) is 0.877. The van der Waals surface area contributed by atoms with Gasteiger partial charge in [-0.05, 0) is 49.8 Å². The Labute approximate surface area is 121 Å². The van der Waals surface area contributed by atoms with Crippen LogP contribution in [0.15, 0.2) is 29.2 Å². The standard InChI is InChI=1S/C14H18BrNOS/c1-18-13-7-5-11(6-8-13)14(17)16-9-3-2-4-12(16)10-15/h5-8,12H,2-4,9-10H2,1H3. The van der Waals surface area contributed by atoms with Crippen molar-refractivity contribution < 1.29 is 4.79 Å². The summed E-state index contributed by atoms with van der Waals surface area (Å²) in [5.74, 6) is 0.173. The van der Waals surface area contributed by atoms with Crippen molar-refractivity contribution in [3.05, 3.63) is 29.8 Å². The monoisotopic (exact) mass is 327 g/mol. The van der Waals surface area contributed by atoms with Gasteiger partial charge in [0.15, 0.2) is 0 Å². The maximum atomic E-state index is 12.5. The van der Waals surface area contributed by atoms with Crippen LogP contribution in [0.2, 0.25) is 0 Å². The maximum Gasteiger partial charge on any atom is 0.254 e. The van der Waals surface area contributed by atoms with E-state index in [1.807, 2.05) is 35.4 Å². The molecule has 98 valence electrons. The van der Waals surface area contributed by atoms with E-state index in [1.54, 1.807) is 11.8 Å². The Hall–Kier alpha value is -0.480. The van der Waals surface area contributed by atoms with E-state index >= 15 is 0 Å². The molecule has 1 aromatic carbocycles. The number of hydrogen-bond donors (Lipinski definition) is 0. The number of thioether (sulfide) groups is 1. The van der Waals surface area contributed by atoms with Gasteiger partial charge < -0.3 is 4.90 Å². The molecule has 1 aromatic rings. The van der Waals surface area contributed by atoms with Crippen LogP contribution in [0.25, 0.3) is 0 Å². The zero-order chi connectivity index (χ0) is 13.0. The Kier molecular flexibility index (Phi) is 5.13. The van der Waals surface area contributed by atoms with Gasteiger partial charge in [-0.2, -0.15) is 0 Å². The van der Waals surface area contributed by atoms with Crippen LogP contribution in [0.1, 0.15) is 29.6 Å². The summed E-state index contributed by atoms with van der Waals surface area (Å²) in [6.07, 6.45) is 5.51. The van der Waals surface area contributed by atoms with Gasteiger partial charge in [0.25, 0.3) is 5.91 Å². The van der Waals surface area contributed by atoms with Crippen LogP contribution in [0.3, 0.4) is 0 Å². The van der Waals surface area contributed by atoms with E-state index in [-0.39, 0.29) is 5.91 Å². The van der Waals surface area contributed by atoms with Gasteiger partial charge in [0.2, 0.25) is 0 Å². The number of benzene rings is 1. The number of rotatable bonds is 3. The minimum absolute atomic E-state index is 0.173. The smallest absolute Gasteiger partial charge is 0.254 e. The third-order valence-corrected chi connectivity index (χ3v) is 4.89. The molecule has 0 saturated carbocycles. The molecule has 18 heavy (non-hydrogen) atoms. The lowest BCUT2D eigenvalue weighted by Crippen LogP contribution is -2.44. The number of carbonyl (C=O) groups excluding carboxylic acids is 1. The van der Waals surface area contributed by atoms with Crippen molar-refractivity contribution in [2.24, 2.45) is 0 Å². The van der Waals surface area contributed by atoms with Crippen molar-refractivity contribution in [3.8, 4) is 0 Å². The highest BCUT2D eigenvalue weighted by Gasteiger charge is 2.26. The van der Waals surface area contributed by atoms with Crippen molar-refractivity contribution in [3.63, 3.8) is 0 Å². The van der Waals surface area contributed by atoms with E-state index < -0.39 is 0 Å². The minimum atomic E-state index is 0.173. The number of carbonyl (C=O) groups is 1. The molecule has 0 aromatic heterocycles. The molecule has 1 saturated heterocycles. The molecule has 0 N–H and O–H groups in total. The number of halogens is 1. The second-order valence-corrected chi connectivity index (χ2v) is 6.06. The molecule has 1 aliphatic heterocycles. The van der Waals surface area contributed by atoms with Crippen LogP contribution >= 0.6 is 27.7 Å². The Morgan fingerprint density at radius 3 is 2.72 bits per heavy atom. The van der Waals surface area contributed by atoms with Crippen molar-refractivity contribution in [2.45, 2.75) is 30.2 Å². The summed E-state index contributed by atoms with van der Waals surface area (Å²) < 4.78 is 0. The van der Waals surface area contributed by atoms with Gasteiger partial charge in [-0.3, -0.25) is 4.79 Å². The van der Waals surface area contributed by atoms with Crippen LogP contribution in [0.4, 0.5) is 0 Å². The zero-order valence-electron chi connectivity index (χ0n) is 10.6. The van der Waals surface area contributed by atoms with Gasteiger partial charge in [0.1, 0.15) is 0 Å². The molecule has 2 nitrogen and oxygen atoms in total. The Bertz CT molecular complexity index is 407. The quantitative estimate of drug-likeness (QED) is 0.621. The summed E-state index contributed by atoms with van der Waals surface area (Å²) in [5.41, 5.74) is 0.806. The molecule has 2 rings (SSSR count). The Morgan fingerprint density at radius 1 is 1.39 bits per heavy atom. The lowest BCUT2D eigenvalue weighted by molar-refractivity contribution is 0.0642. The largest absolute Gasteiger partial charge is 0.335 e. The Balaban J connectivity index is 2.13. The molecule has 0 radical (unpaired) electrons. The first kappa shape index (κ1) is 13.9. The lowest BCUT2D eigenvalue weighted by Gasteiger charge is -2.34. The first-order valence-corrected chi connectivity index (χ1v) is 8.62. The van der Waals surface area contributed by atoms with E-state index in [9.17, 15) is 4.79 Å². The normalized spacial score (nSPS) is 19.9. The van der Waals surface area contributed by atoms with Gasteiger partial charge in [-0.25, -0.2) is 0 Å². The predicted octanol–water partition coefficient (Wildman–Crippen LogP) is 3.80. The summed E-state index contributed by atoms with van der Waals surface area (Å²) in [6, 6.07) is 8.27. The minimum Gasteiger partial charge on any atom is -0.335 e. The predicted molar refractivity (Wildman–Crippen MR) is 80.7 cm³/mol. The number of likely N-dealkylation sites (tertiary alicyclic amines) is 1. The van der Waals surface area contributed by atoms with Crippen molar-refractivity contribution in [1.29, 1.82) is 0 Å². The fraction of sp³-hybridized carbons (Fsp3) is 0.500. The fourth-order valence-corrected chi connectivity index (χ4v) is 3.41. The maximum absolute atomic E-state index is 12.5. The van der Waals surface area contributed by atoms with E-state index in [0.29, 0.717) is 6.04 Å². The fourth-order valence-electron chi connectivity index (χ4n) is 2.33. The number of nitrogens with zero attached hydrogens (tertiary/aromatic N) is 1. The molecule has 4 heteroatoms. The van der Waals surface area contributed by atoms with E-state index in [1.165, 1.54) is 11.3 Å². The first-order valence-electron chi connectivity index (χ1n) is 6.27. The molecular formula is C14H18BrNOS. The number of hydrogen-bond acceptors (Lipinski definition) is 2. The van der Waals surface area contributed by atoms with Gasteiger partial charge in [0.05, 0.1) is 0 Å². The van der Waals surface area contributed by atoms with Gasteiger partial charge in [-0.1, -0.05) is 15.9 Å². The van der Waals surface area contributed by atoms with Crippen molar-refractivity contribution in [1.82, 2.24) is 4.90 Å². The number of piperidine rings is 1. The van der Waals surface area contributed by atoms with E-state index in [0.717, 1.165) is 30.3 Å². The summed E-state index contributed by atoms with van der Waals surface area (Å²) >= 11 is 5.22. The SMILES string of the molecule is CSc1ccc(C(=O)N2CCCCC2CBr)cc1. The highest BCUT2D eigenvalue weighted by atomic mass is 79.9. The highest BCUT2D eigenvalue weighted by molar-refractivity contribution is 9.09. The zero-order valence-corrected chi connectivity index (χ0v) is 13.0. The van der Waals surface area contributed by atoms with Crippen molar-refractivity contribution >= 4 is 33.6 Å². The molecule has 1 heterocycles. The number of amides is 1. The highest BCUT2D eigenvalue weighted by Crippen LogP contribution is 2.22. The van der Waals surface area contributed by atoms with Gasteiger partial charge in [0, 0.05) is 28.4 Å². The molecular weight excluding hydrogens is 310 g/mol. The summed E-state index contributed by atoms with van der Waals surface area (Å²) in [7, 11) is 0. The van der Waals surface area contributed by atoms with Crippen LogP contribution in [0.5, 0.6) is 0 Å². The lowest BCUT2D eigenvalue weighted by atomic mass is 10.0. The molecule has 0 spiro atoms. The number of alkyl halides is 1. The summed E-state index contributed by atoms with van der Waals surface area (Å²) in [4.78, 5) is 15.7.